The quantitative estimate of drug-likeness (QED) is 0.398. The van der Waals surface area contributed by atoms with Crippen LogP contribution in [0.4, 0.5) is 0 Å². The fourth-order valence-corrected chi connectivity index (χ4v) is 0. The number of carboxylic acid groups (broad SMARTS) is 1. The Bertz CT molecular complexity index is 32.7. The third-order valence-electron chi connectivity index (χ3n) is 0. The van der Waals surface area contributed by atoms with Gasteiger partial charge < -0.3 is 20.9 Å². The molecule has 0 aromatic carbocycles. The first kappa shape index (κ1) is 26.6. The van der Waals surface area contributed by atoms with Gasteiger partial charge in [0, 0.05) is 33.3 Å². The van der Waals surface area contributed by atoms with Gasteiger partial charge in [-0.25, -0.2) is 0 Å². The molecule has 5 heteroatoms. The molecular formula is C2H7CdO4-. The molecule has 0 aliphatic carbocycles. The molecule has 0 radical (unpaired) electrons. The normalized spacial score (nSPS) is 3.57. The van der Waals surface area contributed by atoms with Crippen molar-refractivity contribution in [2.45, 2.75) is 6.92 Å². The summed E-state index contributed by atoms with van der Waals surface area (Å²) in [4.78, 5) is 8.89. The summed E-state index contributed by atoms with van der Waals surface area (Å²) in [6, 6.07) is 0. The number of carbonyl (C=O) groups excluding carboxylic acids is 1. The predicted octanol–water partition coefficient (Wildman–Crippen LogP) is -2.90. The molecule has 4 nitrogen and oxygen atoms in total. The van der Waals surface area contributed by atoms with Crippen molar-refractivity contribution in [3.05, 3.63) is 0 Å². The Hall–Kier alpha value is 0.312. The van der Waals surface area contributed by atoms with Gasteiger partial charge in [-0.1, -0.05) is 0 Å². The van der Waals surface area contributed by atoms with E-state index in [0.717, 1.165) is 6.92 Å². The van der Waals surface area contributed by atoms with Crippen molar-refractivity contribution >= 4 is 5.97 Å². The van der Waals surface area contributed by atoms with Crippen LogP contribution in [-0.2, 0) is 32.1 Å². The van der Waals surface area contributed by atoms with E-state index in [1.54, 1.807) is 0 Å². The average Bonchev–Trinajstić information content (AvgIpc) is 0.811. The van der Waals surface area contributed by atoms with E-state index in [4.69, 9.17) is 9.90 Å². The Morgan fingerprint density at radius 1 is 1.43 bits per heavy atom. The van der Waals surface area contributed by atoms with Gasteiger partial charge in [0.05, 0.1) is 0 Å². The summed E-state index contributed by atoms with van der Waals surface area (Å²) in [5, 5.41) is 8.89. The van der Waals surface area contributed by atoms with Crippen molar-refractivity contribution < 1.29 is 48.2 Å². The molecule has 0 fully saturated rings. The molecule has 0 aliphatic rings. The molecule has 0 atom stereocenters. The second-order valence-corrected chi connectivity index (χ2v) is 0.492. The van der Waals surface area contributed by atoms with E-state index in [1.807, 2.05) is 0 Å². The third-order valence-corrected chi connectivity index (χ3v) is 0. The zero-order valence-electron chi connectivity index (χ0n) is 4.02. The Morgan fingerprint density at radius 3 is 1.43 bits per heavy atom. The van der Waals surface area contributed by atoms with Gasteiger partial charge in [-0.3, -0.25) is 0 Å². The minimum atomic E-state index is -1.08. The van der Waals surface area contributed by atoms with Gasteiger partial charge in [0.15, 0.2) is 0 Å². The van der Waals surface area contributed by atoms with Crippen LogP contribution in [0.5, 0.6) is 0 Å². The summed E-state index contributed by atoms with van der Waals surface area (Å²) >= 11 is 0. The molecule has 0 aromatic heterocycles. The van der Waals surface area contributed by atoms with E-state index in [2.05, 4.69) is 0 Å². The van der Waals surface area contributed by atoms with Crippen LogP contribution in [0.1, 0.15) is 6.92 Å². The molecule has 42 valence electrons. The molecule has 0 aliphatic heterocycles. The van der Waals surface area contributed by atoms with Crippen LogP contribution in [0.25, 0.3) is 0 Å². The summed E-state index contributed by atoms with van der Waals surface area (Å²) < 4.78 is 0. The van der Waals surface area contributed by atoms with Gasteiger partial charge in [0.2, 0.25) is 0 Å². The SMILES string of the molecule is CC(=O)[O-].O.O.[Cd]. The van der Waals surface area contributed by atoms with Crippen LogP contribution in [0.3, 0.4) is 0 Å². The number of hydrogen-bond acceptors (Lipinski definition) is 2. The largest absolute Gasteiger partial charge is 0.550 e. The van der Waals surface area contributed by atoms with E-state index in [-0.39, 0.29) is 38.3 Å². The molecule has 0 spiro atoms. The topological polar surface area (TPSA) is 103 Å². The summed E-state index contributed by atoms with van der Waals surface area (Å²) in [5.74, 6) is -1.08. The van der Waals surface area contributed by atoms with Gasteiger partial charge in [0.25, 0.3) is 0 Å². The number of hydrogen-bond donors (Lipinski definition) is 0. The van der Waals surface area contributed by atoms with Crippen LogP contribution < -0.4 is 5.11 Å². The molecule has 0 amide bonds. The minimum absolute atomic E-state index is 0. The third kappa shape index (κ3) is 1210. The molecule has 0 heterocycles. The van der Waals surface area contributed by atoms with Gasteiger partial charge >= 0.3 is 0 Å². The van der Waals surface area contributed by atoms with E-state index < -0.39 is 5.97 Å². The second kappa shape index (κ2) is 16.2. The summed E-state index contributed by atoms with van der Waals surface area (Å²) in [6.45, 7) is 0.972. The number of carboxylic acids is 1. The standard InChI is InChI=1S/C2H4O2.Cd.2H2O/c1-2(3)4;;;/h1H3,(H,3,4);;2*1H2/p-1. The number of aliphatic carboxylic acids is 1. The Labute approximate surface area is 61.3 Å². The Kier molecular flexibility index (Phi) is 61.6. The zero-order chi connectivity index (χ0) is 3.58. The van der Waals surface area contributed by atoms with Crippen molar-refractivity contribution in [2.24, 2.45) is 0 Å². The van der Waals surface area contributed by atoms with Gasteiger partial charge in [-0.15, -0.1) is 0 Å². The molecular weight excluding hydrogens is 200 g/mol. The average molecular weight is 207 g/mol. The fraction of sp³-hybridized carbons (Fsp3) is 0.500. The van der Waals surface area contributed by atoms with Crippen LogP contribution in [-0.4, -0.2) is 16.9 Å². The maximum absolute atomic E-state index is 8.89. The van der Waals surface area contributed by atoms with E-state index in [9.17, 15) is 0 Å². The van der Waals surface area contributed by atoms with Crippen LogP contribution in [0, 0.1) is 0 Å². The van der Waals surface area contributed by atoms with Crippen LogP contribution in [0.2, 0.25) is 0 Å². The monoisotopic (exact) mass is 209 g/mol. The zero-order valence-corrected chi connectivity index (χ0v) is 8.06. The van der Waals surface area contributed by atoms with E-state index >= 15 is 0 Å². The van der Waals surface area contributed by atoms with Crippen molar-refractivity contribution in [1.29, 1.82) is 0 Å². The smallest absolute Gasteiger partial charge is 0.0383 e. The number of rotatable bonds is 0. The first-order valence-corrected chi connectivity index (χ1v) is 0.908. The second-order valence-electron chi connectivity index (χ2n) is 0.492. The van der Waals surface area contributed by atoms with Crippen molar-refractivity contribution in [2.75, 3.05) is 0 Å². The molecule has 0 bridgehead atoms. The van der Waals surface area contributed by atoms with Crippen LogP contribution >= 0.6 is 0 Å². The van der Waals surface area contributed by atoms with Crippen molar-refractivity contribution in [1.82, 2.24) is 0 Å². The van der Waals surface area contributed by atoms with Crippen molar-refractivity contribution in [3.8, 4) is 0 Å². The molecule has 0 saturated heterocycles. The first-order chi connectivity index (χ1) is 1.73. The van der Waals surface area contributed by atoms with E-state index in [0.29, 0.717) is 0 Å². The fourth-order valence-electron chi connectivity index (χ4n) is 0. The van der Waals surface area contributed by atoms with Gasteiger partial charge in [-0.2, -0.15) is 0 Å². The molecule has 0 rings (SSSR count). The maximum atomic E-state index is 8.89. The molecule has 7 heavy (non-hydrogen) atoms. The summed E-state index contributed by atoms with van der Waals surface area (Å²) in [7, 11) is 0. The Balaban J connectivity index is -0.0000000150. The molecule has 0 unspecified atom stereocenters. The van der Waals surface area contributed by atoms with E-state index in [1.165, 1.54) is 0 Å². The Morgan fingerprint density at radius 2 is 1.43 bits per heavy atom. The summed E-state index contributed by atoms with van der Waals surface area (Å²) in [6.07, 6.45) is 0. The van der Waals surface area contributed by atoms with Crippen molar-refractivity contribution in [3.63, 3.8) is 0 Å². The van der Waals surface area contributed by atoms with Crippen LogP contribution in [0.15, 0.2) is 0 Å². The summed E-state index contributed by atoms with van der Waals surface area (Å²) in [5.41, 5.74) is 0. The molecule has 0 aromatic rings. The van der Waals surface area contributed by atoms with Gasteiger partial charge in [-0.05, 0) is 6.92 Å². The minimum Gasteiger partial charge on any atom is -0.550 e. The van der Waals surface area contributed by atoms with Gasteiger partial charge in [0.1, 0.15) is 0 Å². The number of carbonyl (C=O) groups is 1. The molecule has 4 N–H and O–H groups in total. The first-order valence-electron chi connectivity index (χ1n) is 0.908. The maximum Gasteiger partial charge on any atom is 0.0383 e. The molecule has 0 saturated carbocycles. The predicted molar refractivity (Wildman–Crippen MR) is 17.9 cm³/mol.